The van der Waals surface area contributed by atoms with Crippen LogP contribution in [0, 0.1) is 33.8 Å². The molecular formula is C21H16ClN3O5. The third kappa shape index (κ3) is 2.87. The number of halogens is 1. The standard InChI is InChI=1S/C21H16ClN3O5/c22-13-5-7-15(16(9-13)25(28)29)17-8-6-14(30-17)10-23-24-20(26)18-11-1-2-12(4-3-11)19(18)21(24)27/h1-2,5-12,18-19H,3-4H2. The quantitative estimate of drug-likeness (QED) is 0.241. The van der Waals surface area contributed by atoms with E-state index in [1.54, 1.807) is 12.1 Å². The first-order valence-corrected chi connectivity index (χ1v) is 9.96. The zero-order valence-electron chi connectivity index (χ0n) is 15.6. The molecule has 9 heteroatoms. The number of nitro benzene ring substituents is 1. The Hall–Kier alpha value is -3.26. The van der Waals surface area contributed by atoms with Crippen molar-refractivity contribution in [2.75, 3.05) is 0 Å². The van der Waals surface area contributed by atoms with Gasteiger partial charge >= 0.3 is 0 Å². The first kappa shape index (κ1) is 18.7. The normalized spacial score (nSPS) is 27.3. The third-order valence-corrected chi connectivity index (χ3v) is 6.32. The average molecular weight is 426 g/mol. The molecular weight excluding hydrogens is 410 g/mol. The number of hydrogen-bond acceptors (Lipinski definition) is 6. The lowest BCUT2D eigenvalue weighted by Crippen LogP contribution is -2.38. The molecule has 152 valence electrons. The Morgan fingerprint density at radius 2 is 1.77 bits per heavy atom. The number of carbonyl (C=O) groups is 2. The highest BCUT2D eigenvalue weighted by Crippen LogP contribution is 2.49. The van der Waals surface area contributed by atoms with Crippen molar-refractivity contribution in [3.05, 3.63) is 63.4 Å². The number of hydrogen-bond donors (Lipinski definition) is 0. The van der Waals surface area contributed by atoms with Crippen molar-refractivity contribution in [1.29, 1.82) is 0 Å². The van der Waals surface area contributed by atoms with Crippen molar-refractivity contribution in [2.45, 2.75) is 12.8 Å². The summed E-state index contributed by atoms with van der Waals surface area (Å²) < 4.78 is 5.65. The lowest BCUT2D eigenvalue weighted by atomic mass is 9.63. The summed E-state index contributed by atoms with van der Waals surface area (Å²) in [5.74, 6) is -0.499. The predicted molar refractivity (Wildman–Crippen MR) is 108 cm³/mol. The predicted octanol–water partition coefficient (Wildman–Crippen LogP) is 4.04. The van der Waals surface area contributed by atoms with Gasteiger partial charge in [0.2, 0.25) is 0 Å². The van der Waals surface area contributed by atoms with Gasteiger partial charge in [0.15, 0.2) is 0 Å². The SMILES string of the molecule is O=C1C2C3C=CC(CC3)C2C(=O)N1N=Cc1ccc(-c2ccc(Cl)cc2[N+](=O)[O-])o1. The van der Waals surface area contributed by atoms with E-state index < -0.39 is 4.92 Å². The summed E-state index contributed by atoms with van der Waals surface area (Å²) in [4.78, 5) is 36.3. The number of allylic oxidation sites excluding steroid dienone is 2. The van der Waals surface area contributed by atoms with E-state index in [0.717, 1.165) is 17.9 Å². The molecule has 2 bridgehead atoms. The lowest BCUT2D eigenvalue weighted by Gasteiger charge is -2.37. The second-order valence-electron chi connectivity index (χ2n) is 7.69. The molecule has 2 heterocycles. The van der Waals surface area contributed by atoms with Gasteiger partial charge in [-0.25, -0.2) is 0 Å². The molecule has 2 aromatic rings. The van der Waals surface area contributed by atoms with E-state index in [4.69, 9.17) is 16.0 Å². The minimum Gasteiger partial charge on any atom is -0.455 e. The number of benzene rings is 1. The summed E-state index contributed by atoms with van der Waals surface area (Å²) in [6, 6.07) is 7.42. The molecule has 8 nitrogen and oxygen atoms in total. The zero-order valence-corrected chi connectivity index (χ0v) is 16.4. The van der Waals surface area contributed by atoms with Gasteiger partial charge in [-0.2, -0.15) is 10.1 Å². The van der Waals surface area contributed by atoms with Crippen LogP contribution in [0.5, 0.6) is 0 Å². The second-order valence-corrected chi connectivity index (χ2v) is 8.13. The van der Waals surface area contributed by atoms with E-state index in [1.165, 1.54) is 24.4 Å². The fraction of sp³-hybridized carbons (Fsp3) is 0.286. The van der Waals surface area contributed by atoms with E-state index in [9.17, 15) is 19.7 Å². The molecule has 0 N–H and O–H groups in total. The molecule has 4 aliphatic rings. The highest BCUT2D eigenvalue weighted by atomic mass is 35.5. The summed E-state index contributed by atoms with van der Waals surface area (Å²) in [5.41, 5.74) is 0.0864. The Bertz CT molecular complexity index is 1110. The highest BCUT2D eigenvalue weighted by molar-refractivity contribution is 6.30. The number of fused-ring (bicyclic) bond motifs is 1. The summed E-state index contributed by atoms with van der Waals surface area (Å²) in [7, 11) is 0. The molecule has 4 unspecified atom stereocenters. The van der Waals surface area contributed by atoms with Gasteiger partial charge in [0.1, 0.15) is 11.5 Å². The molecule has 4 atom stereocenters. The van der Waals surface area contributed by atoms with Crippen molar-refractivity contribution >= 4 is 35.3 Å². The largest absolute Gasteiger partial charge is 0.455 e. The molecule has 3 aliphatic carbocycles. The number of nitro groups is 1. The third-order valence-electron chi connectivity index (χ3n) is 6.09. The van der Waals surface area contributed by atoms with Crippen LogP contribution < -0.4 is 0 Å². The number of carbonyl (C=O) groups excluding carboxylic acids is 2. The molecule has 0 spiro atoms. The lowest BCUT2D eigenvalue weighted by molar-refractivity contribution is -0.384. The molecule has 30 heavy (non-hydrogen) atoms. The summed E-state index contributed by atoms with van der Waals surface area (Å²) in [5, 5.41) is 16.6. The van der Waals surface area contributed by atoms with Crippen molar-refractivity contribution < 1.29 is 18.9 Å². The van der Waals surface area contributed by atoms with Gasteiger partial charge in [-0.05, 0) is 48.9 Å². The van der Waals surface area contributed by atoms with Gasteiger partial charge in [-0.1, -0.05) is 23.8 Å². The average Bonchev–Trinajstić information content (AvgIpc) is 3.31. The minimum atomic E-state index is -0.539. The first-order chi connectivity index (χ1) is 14.4. The maximum Gasteiger partial charge on any atom is 0.281 e. The number of amides is 2. The monoisotopic (exact) mass is 425 g/mol. The van der Waals surface area contributed by atoms with Crippen molar-refractivity contribution in [1.82, 2.24) is 5.01 Å². The summed E-state index contributed by atoms with van der Waals surface area (Å²) >= 11 is 5.85. The van der Waals surface area contributed by atoms with E-state index >= 15 is 0 Å². The molecule has 1 aliphatic heterocycles. The Balaban J connectivity index is 1.40. The smallest absolute Gasteiger partial charge is 0.281 e. The molecule has 6 rings (SSSR count). The summed E-state index contributed by atoms with van der Waals surface area (Å²) in [6.45, 7) is 0. The topological polar surface area (TPSA) is 106 Å². The van der Waals surface area contributed by atoms with Gasteiger partial charge in [0.25, 0.3) is 17.5 Å². The molecule has 2 fully saturated rings. The molecule has 0 radical (unpaired) electrons. The van der Waals surface area contributed by atoms with E-state index in [-0.39, 0.29) is 63.3 Å². The van der Waals surface area contributed by atoms with Crippen LogP contribution in [0.2, 0.25) is 5.02 Å². The molecule has 2 amide bonds. The molecule has 1 saturated carbocycles. The zero-order chi connectivity index (χ0) is 21.0. The number of furan rings is 1. The maximum absolute atomic E-state index is 12.8. The van der Waals surface area contributed by atoms with Gasteiger partial charge in [-0.15, -0.1) is 0 Å². The van der Waals surface area contributed by atoms with Crippen molar-refractivity contribution in [3.8, 4) is 11.3 Å². The number of hydrazone groups is 1. The number of imide groups is 1. The van der Waals surface area contributed by atoms with Gasteiger partial charge in [-0.3, -0.25) is 19.7 Å². The van der Waals surface area contributed by atoms with Crippen LogP contribution in [0.15, 0.2) is 52.0 Å². The van der Waals surface area contributed by atoms with Crippen LogP contribution in [0.1, 0.15) is 18.6 Å². The van der Waals surface area contributed by atoms with Crippen molar-refractivity contribution in [3.63, 3.8) is 0 Å². The maximum atomic E-state index is 12.8. The van der Waals surface area contributed by atoms with Crippen LogP contribution in [-0.2, 0) is 9.59 Å². The Kier molecular flexibility index (Phi) is 4.32. The minimum absolute atomic E-state index is 0.0947. The Morgan fingerprint density at radius 3 is 2.37 bits per heavy atom. The second kappa shape index (κ2) is 6.91. The van der Waals surface area contributed by atoms with Crippen LogP contribution in [-0.4, -0.2) is 28.0 Å². The van der Waals surface area contributed by atoms with E-state index in [1.807, 2.05) is 12.2 Å². The van der Waals surface area contributed by atoms with E-state index in [0.29, 0.717) is 0 Å². The number of nitrogens with zero attached hydrogens (tertiary/aromatic N) is 3. The van der Waals surface area contributed by atoms with Gasteiger partial charge < -0.3 is 4.42 Å². The van der Waals surface area contributed by atoms with Crippen molar-refractivity contribution in [2.24, 2.45) is 28.8 Å². The fourth-order valence-electron chi connectivity index (χ4n) is 4.72. The molecule has 1 aromatic heterocycles. The Morgan fingerprint density at radius 1 is 1.10 bits per heavy atom. The Labute approximate surface area is 175 Å². The highest BCUT2D eigenvalue weighted by Gasteiger charge is 2.56. The fourth-order valence-corrected chi connectivity index (χ4v) is 4.88. The van der Waals surface area contributed by atoms with Crippen LogP contribution in [0.4, 0.5) is 5.69 Å². The number of rotatable bonds is 4. The van der Waals surface area contributed by atoms with Crippen LogP contribution in [0.3, 0.4) is 0 Å². The van der Waals surface area contributed by atoms with Gasteiger partial charge in [0, 0.05) is 11.1 Å². The first-order valence-electron chi connectivity index (χ1n) is 9.58. The van der Waals surface area contributed by atoms with Crippen LogP contribution in [0.25, 0.3) is 11.3 Å². The summed E-state index contributed by atoms with van der Waals surface area (Å²) in [6.07, 6.45) is 7.21. The van der Waals surface area contributed by atoms with Gasteiger partial charge in [0.05, 0.1) is 28.5 Å². The molecule has 1 aromatic carbocycles. The van der Waals surface area contributed by atoms with Crippen LogP contribution >= 0.6 is 11.6 Å². The van der Waals surface area contributed by atoms with E-state index in [2.05, 4.69) is 5.10 Å². The molecule has 1 saturated heterocycles.